The van der Waals surface area contributed by atoms with Gasteiger partial charge >= 0.3 is 0 Å². The van der Waals surface area contributed by atoms with Gasteiger partial charge in [-0.15, -0.1) is 0 Å². The van der Waals surface area contributed by atoms with Crippen LogP contribution in [0, 0.1) is 17.5 Å². The third-order valence-electron chi connectivity index (χ3n) is 2.24. The van der Waals surface area contributed by atoms with Crippen molar-refractivity contribution < 1.29 is 18.0 Å². The molecule has 0 fully saturated rings. The summed E-state index contributed by atoms with van der Waals surface area (Å²) in [5.74, 6) is -5.33. The highest BCUT2D eigenvalue weighted by Gasteiger charge is 2.19. The molecule has 0 aliphatic carbocycles. The van der Waals surface area contributed by atoms with Gasteiger partial charge in [0, 0.05) is 0 Å². The van der Waals surface area contributed by atoms with Crippen molar-refractivity contribution in [2.75, 3.05) is 5.32 Å². The summed E-state index contributed by atoms with van der Waals surface area (Å²) in [5.41, 5.74) is -0.597. The molecule has 1 amide bonds. The number of hydrogen-bond acceptors (Lipinski definition) is 2. The first kappa shape index (κ1) is 13.5. The SMILES string of the molecule is O=C(Nc1cccc(Br)n1)c1ccc(F)c(F)c1F. The van der Waals surface area contributed by atoms with Crippen molar-refractivity contribution in [2.45, 2.75) is 0 Å². The zero-order valence-corrected chi connectivity index (χ0v) is 10.8. The second-order valence-corrected chi connectivity index (χ2v) is 4.34. The fourth-order valence-corrected chi connectivity index (χ4v) is 1.71. The normalized spacial score (nSPS) is 10.3. The number of carbonyl (C=O) groups is 1. The highest BCUT2D eigenvalue weighted by Crippen LogP contribution is 2.17. The quantitative estimate of drug-likeness (QED) is 0.676. The van der Waals surface area contributed by atoms with Crippen LogP contribution in [0.1, 0.15) is 10.4 Å². The van der Waals surface area contributed by atoms with Crippen molar-refractivity contribution in [3.63, 3.8) is 0 Å². The molecule has 0 saturated carbocycles. The lowest BCUT2D eigenvalue weighted by Gasteiger charge is -2.06. The molecule has 0 atom stereocenters. The van der Waals surface area contributed by atoms with E-state index >= 15 is 0 Å². The van der Waals surface area contributed by atoms with E-state index < -0.39 is 28.9 Å². The van der Waals surface area contributed by atoms with Crippen molar-refractivity contribution >= 4 is 27.7 Å². The number of carbonyl (C=O) groups excluding carboxylic acids is 1. The molecule has 1 aromatic heterocycles. The number of benzene rings is 1. The van der Waals surface area contributed by atoms with Gasteiger partial charge in [-0.2, -0.15) is 0 Å². The number of pyridine rings is 1. The minimum absolute atomic E-state index is 0.156. The van der Waals surface area contributed by atoms with E-state index in [1.165, 1.54) is 6.07 Å². The third-order valence-corrected chi connectivity index (χ3v) is 2.68. The molecule has 1 heterocycles. The summed E-state index contributed by atoms with van der Waals surface area (Å²) in [6.07, 6.45) is 0. The molecule has 0 bridgehead atoms. The number of nitrogens with one attached hydrogen (secondary N) is 1. The molecule has 1 aromatic carbocycles. The minimum atomic E-state index is -1.69. The lowest BCUT2D eigenvalue weighted by molar-refractivity contribution is 0.102. The van der Waals surface area contributed by atoms with Crippen LogP contribution in [0.25, 0.3) is 0 Å². The molecule has 7 heteroatoms. The number of amides is 1. The molecule has 0 radical (unpaired) electrons. The molecule has 3 nitrogen and oxygen atoms in total. The minimum Gasteiger partial charge on any atom is -0.306 e. The average molecular weight is 331 g/mol. The number of aromatic nitrogens is 1. The number of halogens is 4. The summed E-state index contributed by atoms with van der Waals surface area (Å²) in [6, 6.07) is 6.26. The molecular formula is C12H6BrF3N2O. The number of nitrogens with zero attached hydrogens (tertiary/aromatic N) is 1. The Kier molecular flexibility index (Phi) is 3.84. The summed E-state index contributed by atoms with van der Waals surface area (Å²) in [4.78, 5) is 15.6. The zero-order valence-electron chi connectivity index (χ0n) is 9.25. The first-order valence-electron chi connectivity index (χ1n) is 5.06. The van der Waals surface area contributed by atoms with E-state index in [0.29, 0.717) is 10.7 Å². The molecule has 2 rings (SSSR count). The first-order chi connectivity index (χ1) is 8.99. The predicted octanol–water partition coefficient (Wildman–Crippen LogP) is 3.51. The van der Waals surface area contributed by atoms with Gasteiger partial charge in [0.05, 0.1) is 5.56 Å². The van der Waals surface area contributed by atoms with Gasteiger partial charge < -0.3 is 5.32 Å². The van der Waals surface area contributed by atoms with E-state index in [0.717, 1.165) is 6.07 Å². The predicted molar refractivity (Wildman–Crippen MR) is 66.2 cm³/mol. The standard InChI is InChI=1S/C12H6BrF3N2O/c13-8-2-1-3-9(17-8)18-12(19)6-4-5-7(14)11(16)10(6)15/h1-5H,(H,17,18,19). The van der Waals surface area contributed by atoms with Crippen molar-refractivity contribution in [1.82, 2.24) is 4.98 Å². The Morgan fingerprint density at radius 2 is 1.84 bits per heavy atom. The molecule has 98 valence electrons. The molecule has 2 aromatic rings. The molecule has 1 N–H and O–H groups in total. The van der Waals surface area contributed by atoms with Crippen LogP contribution in [0.4, 0.5) is 19.0 Å². The van der Waals surface area contributed by atoms with Gasteiger partial charge in [-0.1, -0.05) is 6.07 Å². The summed E-state index contributed by atoms with van der Waals surface area (Å²) in [5, 5.41) is 2.28. The third kappa shape index (κ3) is 2.93. The van der Waals surface area contributed by atoms with Gasteiger partial charge in [-0.3, -0.25) is 4.79 Å². The van der Waals surface area contributed by atoms with Crippen LogP contribution in [0.5, 0.6) is 0 Å². The molecule has 0 spiro atoms. The summed E-state index contributed by atoms with van der Waals surface area (Å²) in [6.45, 7) is 0. The molecule has 0 aliphatic rings. The summed E-state index contributed by atoms with van der Waals surface area (Å²) < 4.78 is 39.6. The fourth-order valence-electron chi connectivity index (χ4n) is 1.36. The maximum absolute atomic E-state index is 13.4. The zero-order chi connectivity index (χ0) is 14.0. The van der Waals surface area contributed by atoms with Gasteiger partial charge in [0.1, 0.15) is 10.4 Å². The van der Waals surface area contributed by atoms with E-state index in [1.807, 2.05) is 0 Å². The van der Waals surface area contributed by atoms with Gasteiger partial charge in [-0.05, 0) is 40.2 Å². The maximum atomic E-state index is 13.4. The Morgan fingerprint density at radius 3 is 2.53 bits per heavy atom. The Bertz CT molecular complexity index is 649. The van der Waals surface area contributed by atoms with Crippen LogP contribution in [0.3, 0.4) is 0 Å². The van der Waals surface area contributed by atoms with Crippen molar-refractivity contribution in [3.05, 3.63) is 58.0 Å². The Labute approximate surface area is 114 Å². The summed E-state index contributed by atoms with van der Waals surface area (Å²) >= 11 is 3.10. The largest absolute Gasteiger partial charge is 0.306 e. The van der Waals surface area contributed by atoms with Crippen LogP contribution in [0.2, 0.25) is 0 Å². The van der Waals surface area contributed by atoms with E-state index in [-0.39, 0.29) is 5.82 Å². The van der Waals surface area contributed by atoms with Crippen molar-refractivity contribution in [2.24, 2.45) is 0 Å². The van der Waals surface area contributed by atoms with E-state index in [9.17, 15) is 18.0 Å². The highest BCUT2D eigenvalue weighted by molar-refractivity contribution is 9.10. The van der Waals surface area contributed by atoms with Crippen LogP contribution in [0.15, 0.2) is 34.9 Å². The monoisotopic (exact) mass is 330 g/mol. The highest BCUT2D eigenvalue weighted by atomic mass is 79.9. The second-order valence-electron chi connectivity index (χ2n) is 3.52. The molecule has 19 heavy (non-hydrogen) atoms. The van der Waals surface area contributed by atoms with E-state index in [1.54, 1.807) is 12.1 Å². The summed E-state index contributed by atoms with van der Waals surface area (Å²) in [7, 11) is 0. The lowest BCUT2D eigenvalue weighted by atomic mass is 10.2. The Morgan fingerprint density at radius 1 is 1.11 bits per heavy atom. The number of hydrogen-bond donors (Lipinski definition) is 1. The second kappa shape index (κ2) is 5.40. The molecular weight excluding hydrogens is 325 g/mol. The fraction of sp³-hybridized carbons (Fsp3) is 0. The Balaban J connectivity index is 2.28. The Hall–Kier alpha value is -1.89. The lowest BCUT2D eigenvalue weighted by Crippen LogP contribution is -2.16. The van der Waals surface area contributed by atoms with Crippen LogP contribution in [-0.4, -0.2) is 10.9 Å². The van der Waals surface area contributed by atoms with E-state index in [4.69, 9.17) is 0 Å². The number of anilines is 1. The van der Waals surface area contributed by atoms with Gasteiger partial charge in [0.25, 0.3) is 5.91 Å². The van der Waals surface area contributed by atoms with Gasteiger partial charge in [0.2, 0.25) is 0 Å². The van der Waals surface area contributed by atoms with Gasteiger partial charge in [0.15, 0.2) is 17.5 Å². The van der Waals surface area contributed by atoms with Crippen LogP contribution >= 0.6 is 15.9 Å². The molecule has 0 saturated heterocycles. The molecule has 0 aliphatic heterocycles. The van der Waals surface area contributed by atoms with Crippen LogP contribution < -0.4 is 5.32 Å². The average Bonchev–Trinajstić information content (AvgIpc) is 2.36. The smallest absolute Gasteiger partial charge is 0.259 e. The number of rotatable bonds is 2. The van der Waals surface area contributed by atoms with Crippen molar-refractivity contribution in [1.29, 1.82) is 0 Å². The first-order valence-corrected chi connectivity index (χ1v) is 5.85. The van der Waals surface area contributed by atoms with E-state index in [2.05, 4.69) is 26.2 Å². The topological polar surface area (TPSA) is 42.0 Å². The molecule has 0 unspecified atom stereocenters. The van der Waals surface area contributed by atoms with Crippen molar-refractivity contribution in [3.8, 4) is 0 Å². The maximum Gasteiger partial charge on any atom is 0.259 e. The van der Waals surface area contributed by atoms with Gasteiger partial charge in [-0.25, -0.2) is 18.2 Å². The van der Waals surface area contributed by atoms with Crippen LogP contribution in [-0.2, 0) is 0 Å².